The van der Waals surface area contributed by atoms with Gasteiger partial charge in [-0.05, 0) is 6.08 Å². The van der Waals surface area contributed by atoms with Crippen molar-refractivity contribution in [3.8, 4) is 0 Å². The molecule has 0 fully saturated rings. The molecule has 0 aromatic carbocycles. The number of halogens is 1. The Bertz CT molecular complexity index is 648. The number of hydrogen-bond acceptors (Lipinski definition) is 5. The SMILES string of the molecule is NC(=O)CONC(=O)/C=C/c1c(Cl)nc2sccn12. The van der Waals surface area contributed by atoms with Crippen LogP contribution in [0.5, 0.6) is 0 Å². The Hall–Kier alpha value is -1.90. The average Bonchev–Trinajstić information content (AvgIpc) is 2.87. The number of thiazole rings is 1. The molecule has 2 heterocycles. The normalized spacial score (nSPS) is 11.2. The summed E-state index contributed by atoms with van der Waals surface area (Å²) in [7, 11) is 0. The molecule has 3 N–H and O–H groups in total. The fourth-order valence-corrected chi connectivity index (χ4v) is 2.30. The number of carbonyl (C=O) groups excluding carboxylic acids is 2. The molecule has 0 radical (unpaired) electrons. The first-order chi connectivity index (χ1) is 9.08. The first kappa shape index (κ1) is 13.5. The molecule has 0 aliphatic heterocycles. The van der Waals surface area contributed by atoms with Crippen LogP contribution in [-0.4, -0.2) is 27.8 Å². The van der Waals surface area contributed by atoms with Crippen LogP contribution < -0.4 is 11.2 Å². The van der Waals surface area contributed by atoms with Crippen molar-refractivity contribution in [1.82, 2.24) is 14.9 Å². The van der Waals surface area contributed by atoms with E-state index >= 15 is 0 Å². The standard InChI is InChI=1S/C10H9ClN4O3S/c11-9-6(15-3-4-19-10(15)13-9)1-2-8(17)14-18-5-7(12)16/h1-4H,5H2,(H2,12,16)(H,14,17)/b2-1+. The molecule has 100 valence electrons. The highest BCUT2D eigenvalue weighted by molar-refractivity contribution is 7.15. The van der Waals surface area contributed by atoms with Crippen molar-refractivity contribution >= 4 is 45.8 Å². The van der Waals surface area contributed by atoms with Crippen LogP contribution in [0.25, 0.3) is 11.0 Å². The minimum atomic E-state index is -0.678. The molecule has 2 aromatic heterocycles. The third kappa shape index (κ3) is 3.31. The van der Waals surface area contributed by atoms with Crippen molar-refractivity contribution in [3.05, 3.63) is 28.5 Å². The van der Waals surface area contributed by atoms with Crippen molar-refractivity contribution in [2.24, 2.45) is 5.73 Å². The largest absolute Gasteiger partial charge is 0.368 e. The van der Waals surface area contributed by atoms with Gasteiger partial charge < -0.3 is 5.73 Å². The maximum absolute atomic E-state index is 11.4. The van der Waals surface area contributed by atoms with Crippen LogP contribution in [0.1, 0.15) is 5.69 Å². The number of nitrogens with one attached hydrogen (secondary N) is 1. The molecule has 2 aromatic rings. The summed E-state index contributed by atoms with van der Waals surface area (Å²) in [6.07, 6.45) is 4.51. The van der Waals surface area contributed by atoms with Gasteiger partial charge in [-0.25, -0.2) is 10.5 Å². The van der Waals surface area contributed by atoms with E-state index in [2.05, 4.69) is 9.82 Å². The van der Waals surface area contributed by atoms with E-state index in [1.807, 2.05) is 10.9 Å². The summed E-state index contributed by atoms with van der Waals surface area (Å²) in [5.41, 5.74) is 7.47. The molecule has 9 heteroatoms. The van der Waals surface area contributed by atoms with E-state index < -0.39 is 11.8 Å². The summed E-state index contributed by atoms with van der Waals surface area (Å²) < 4.78 is 1.75. The Kier molecular flexibility index (Phi) is 4.15. The molecule has 0 unspecified atom stereocenters. The number of imidazole rings is 1. The van der Waals surface area contributed by atoms with Crippen LogP contribution in [0.15, 0.2) is 17.7 Å². The summed E-state index contributed by atoms with van der Waals surface area (Å²) in [5.74, 6) is -1.22. The van der Waals surface area contributed by atoms with E-state index in [1.165, 1.54) is 23.5 Å². The molecular formula is C10H9ClN4O3S. The summed E-state index contributed by atoms with van der Waals surface area (Å²) in [6, 6.07) is 0. The molecule has 0 spiro atoms. The number of amides is 2. The number of carbonyl (C=O) groups is 2. The summed E-state index contributed by atoms with van der Waals surface area (Å²) in [6.45, 7) is -0.387. The molecule has 2 rings (SSSR count). The van der Waals surface area contributed by atoms with Crippen molar-refractivity contribution < 1.29 is 14.4 Å². The second kappa shape index (κ2) is 5.83. The highest BCUT2D eigenvalue weighted by atomic mass is 35.5. The fourth-order valence-electron chi connectivity index (χ4n) is 1.29. The van der Waals surface area contributed by atoms with Gasteiger partial charge in [0.15, 0.2) is 16.7 Å². The molecule has 2 amide bonds. The van der Waals surface area contributed by atoms with E-state index in [0.29, 0.717) is 10.8 Å². The predicted octanol–water partition coefficient (Wildman–Crippen LogP) is 0.596. The van der Waals surface area contributed by atoms with Crippen LogP contribution in [0, 0.1) is 0 Å². The van der Waals surface area contributed by atoms with E-state index in [4.69, 9.17) is 17.3 Å². The zero-order chi connectivity index (χ0) is 13.8. The predicted molar refractivity (Wildman–Crippen MR) is 70.4 cm³/mol. The van der Waals surface area contributed by atoms with Crippen molar-refractivity contribution in [1.29, 1.82) is 0 Å². The first-order valence-electron chi connectivity index (χ1n) is 5.07. The Morgan fingerprint density at radius 1 is 1.63 bits per heavy atom. The van der Waals surface area contributed by atoms with Crippen LogP contribution >= 0.6 is 22.9 Å². The molecule has 7 nitrogen and oxygen atoms in total. The minimum Gasteiger partial charge on any atom is -0.368 e. The summed E-state index contributed by atoms with van der Waals surface area (Å²) in [5, 5.41) is 2.15. The third-order valence-electron chi connectivity index (χ3n) is 2.03. The van der Waals surface area contributed by atoms with Gasteiger partial charge in [0.05, 0.1) is 5.69 Å². The highest BCUT2D eigenvalue weighted by Crippen LogP contribution is 2.22. The molecule has 0 aliphatic rings. The second-order valence-electron chi connectivity index (χ2n) is 3.40. The van der Waals surface area contributed by atoms with E-state index in [1.54, 1.807) is 10.6 Å². The lowest BCUT2D eigenvalue weighted by atomic mass is 10.4. The zero-order valence-corrected chi connectivity index (χ0v) is 11.1. The van der Waals surface area contributed by atoms with Gasteiger partial charge in [-0.2, -0.15) is 0 Å². The molecular weight excluding hydrogens is 292 g/mol. The average molecular weight is 301 g/mol. The number of hydroxylamine groups is 1. The van der Waals surface area contributed by atoms with E-state index in [9.17, 15) is 9.59 Å². The van der Waals surface area contributed by atoms with Gasteiger partial charge in [0.25, 0.3) is 5.91 Å². The van der Waals surface area contributed by atoms with Crippen LogP contribution in [0.3, 0.4) is 0 Å². The number of nitrogens with zero attached hydrogens (tertiary/aromatic N) is 2. The van der Waals surface area contributed by atoms with Crippen molar-refractivity contribution in [3.63, 3.8) is 0 Å². The fraction of sp³-hybridized carbons (Fsp3) is 0.100. The number of aromatic nitrogens is 2. The lowest BCUT2D eigenvalue weighted by molar-refractivity contribution is -0.134. The minimum absolute atomic E-state index is 0.300. The quantitative estimate of drug-likeness (QED) is 0.624. The Labute approximate surface area is 116 Å². The third-order valence-corrected chi connectivity index (χ3v) is 3.07. The summed E-state index contributed by atoms with van der Waals surface area (Å²) in [4.78, 5) is 31.1. The van der Waals surface area contributed by atoms with Crippen LogP contribution in [-0.2, 0) is 14.4 Å². The Balaban J connectivity index is 2.01. The number of fused-ring (bicyclic) bond motifs is 1. The lowest BCUT2D eigenvalue weighted by Crippen LogP contribution is -2.28. The molecule has 19 heavy (non-hydrogen) atoms. The van der Waals surface area contributed by atoms with Crippen molar-refractivity contribution in [2.75, 3.05) is 6.61 Å². The Morgan fingerprint density at radius 3 is 3.16 bits per heavy atom. The van der Waals surface area contributed by atoms with Crippen LogP contribution in [0.4, 0.5) is 0 Å². The molecule has 0 bridgehead atoms. The number of hydrogen-bond donors (Lipinski definition) is 2. The number of primary amides is 1. The second-order valence-corrected chi connectivity index (χ2v) is 4.63. The summed E-state index contributed by atoms with van der Waals surface area (Å²) >= 11 is 7.37. The topological polar surface area (TPSA) is 98.7 Å². The number of rotatable bonds is 5. The number of nitrogens with two attached hydrogens (primary N) is 1. The Morgan fingerprint density at radius 2 is 2.42 bits per heavy atom. The monoisotopic (exact) mass is 300 g/mol. The smallest absolute Gasteiger partial charge is 0.267 e. The highest BCUT2D eigenvalue weighted by Gasteiger charge is 2.08. The molecule has 0 aliphatic carbocycles. The molecule has 0 saturated heterocycles. The van der Waals surface area contributed by atoms with Gasteiger partial charge in [0.1, 0.15) is 0 Å². The maximum Gasteiger partial charge on any atom is 0.267 e. The maximum atomic E-state index is 11.4. The van der Waals surface area contributed by atoms with E-state index in [-0.39, 0.29) is 6.61 Å². The first-order valence-corrected chi connectivity index (χ1v) is 6.33. The van der Waals surface area contributed by atoms with Gasteiger partial charge in [-0.3, -0.25) is 18.8 Å². The lowest BCUT2D eigenvalue weighted by Gasteiger charge is -1.99. The van der Waals surface area contributed by atoms with Gasteiger partial charge in [-0.15, -0.1) is 11.3 Å². The van der Waals surface area contributed by atoms with Gasteiger partial charge >= 0.3 is 0 Å². The van der Waals surface area contributed by atoms with Crippen LogP contribution in [0.2, 0.25) is 5.15 Å². The zero-order valence-electron chi connectivity index (χ0n) is 9.50. The van der Waals surface area contributed by atoms with Gasteiger partial charge in [0.2, 0.25) is 5.91 Å². The van der Waals surface area contributed by atoms with Gasteiger partial charge in [-0.1, -0.05) is 11.6 Å². The van der Waals surface area contributed by atoms with Gasteiger partial charge in [0, 0.05) is 17.7 Å². The molecule has 0 saturated carbocycles. The van der Waals surface area contributed by atoms with Crippen molar-refractivity contribution in [2.45, 2.75) is 0 Å². The van der Waals surface area contributed by atoms with E-state index in [0.717, 1.165) is 4.96 Å². The molecule has 0 atom stereocenters.